The lowest BCUT2D eigenvalue weighted by molar-refractivity contribution is 0.795. The van der Waals surface area contributed by atoms with Crippen molar-refractivity contribution in [2.45, 2.75) is 19.4 Å². The number of nitrogens with zero attached hydrogens (tertiary/aromatic N) is 2. The van der Waals surface area contributed by atoms with Gasteiger partial charge in [0.15, 0.2) is 0 Å². The predicted octanol–water partition coefficient (Wildman–Crippen LogP) is 3.72. The summed E-state index contributed by atoms with van der Waals surface area (Å²) < 4.78 is 2.15. The van der Waals surface area contributed by atoms with E-state index in [1.54, 1.807) is 0 Å². The number of hydrogen-bond acceptors (Lipinski definition) is 1. The molecule has 0 radical (unpaired) electrons. The first kappa shape index (κ1) is 12.7. The molecule has 0 aliphatic heterocycles. The lowest BCUT2D eigenvalue weighted by atomic mass is 10.1. The maximum Gasteiger partial charge on any atom is 0.0952 e. The lowest BCUT2D eigenvalue weighted by Gasteiger charge is -2.01. The molecule has 2 aromatic carbocycles. The summed E-state index contributed by atoms with van der Waals surface area (Å²) in [5, 5.41) is 0. The van der Waals surface area contributed by atoms with Gasteiger partial charge in [0.1, 0.15) is 0 Å². The van der Waals surface area contributed by atoms with Gasteiger partial charge in [0, 0.05) is 12.7 Å². The second-order valence-corrected chi connectivity index (χ2v) is 5.01. The Morgan fingerprint density at radius 3 is 2.10 bits per heavy atom. The molecule has 2 nitrogen and oxygen atoms in total. The summed E-state index contributed by atoms with van der Waals surface area (Å²) in [5.74, 6) is 0. The Morgan fingerprint density at radius 2 is 1.40 bits per heavy atom. The zero-order chi connectivity index (χ0) is 13.6. The largest absolute Gasteiger partial charge is 0.333 e. The van der Waals surface area contributed by atoms with E-state index in [1.165, 1.54) is 11.1 Å². The molecule has 0 bridgehead atoms. The van der Waals surface area contributed by atoms with Gasteiger partial charge in [-0.25, -0.2) is 4.98 Å². The van der Waals surface area contributed by atoms with Crippen molar-refractivity contribution in [3.05, 3.63) is 90.0 Å². The van der Waals surface area contributed by atoms with E-state index < -0.39 is 0 Å². The van der Waals surface area contributed by atoms with Crippen molar-refractivity contribution < 1.29 is 0 Å². The molecule has 0 saturated carbocycles. The highest BCUT2D eigenvalue weighted by Gasteiger charge is 2.00. The summed E-state index contributed by atoms with van der Waals surface area (Å²) in [4.78, 5) is 4.49. The van der Waals surface area contributed by atoms with Gasteiger partial charge in [0.05, 0.1) is 12.0 Å². The average Bonchev–Trinajstić information content (AvgIpc) is 2.95. The van der Waals surface area contributed by atoms with Crippen LogP contribution in [-0.2, 0) is 19.4 Å². The van der Waals surface area contributed by atoms with Crippen molar-refractivity contribution in [3.63, 3.8) is 0 Å². The molecule has 0 unspecified atom stereocenters. The van der Waals surface area contributed by atoms with Gasteiger partial charge < -0.3 is 4.57 Å². The summed E-state index contributed by atoms with van der Waals surface area (Å²) >= 11 is 0. The molecule has 0 atom stereocenters. The molecule has 1 heterocycles. The third-order valence-electron chi connectivity index (χ3n) is 3.41. The molecule has 0 amide bonds. The topological polar surface area (TPSA) is 17.8 Å². The van der Waals surface area contributed by atoms with Crippen LogP contribution in [0.2, 0.25) is 0 Å². The van der Waals surface area contributed by atoms with Crippen LogP contribution < -0.4 is 0 Å². The summed E-state index contributed by atoms with van der Waals surface area (Å²) in [6, 6.07) is 21.0. The molecule has 0 aliphatic rings. The zero-order valence-electron chi connectivity index (χ0n) is 11.4. The highest BCUT2D eigenvalue weighted by molar-refractivity contribution is 5.17. The van der Waals surface area contributed by atoms with Gasteiger partial charge in [0.2, 0.25) is 0 Å². The number of aryl methyl sites for hydroxylation is 2. The summed E-state index contributed by atoms with van der Waals surface area (Å²) in [6.07, 6.45) is 6.11. The van der Waals surface area contributed by atoms with E-state index in [0.717, 1.165) is 25.1 Å². The van der Waals surface area contributed by atoms with Crippen molar-refractivity contribution >= 4 is 0 Å². The summed E-state index contributed by atoms with van der Waals surface area (Å²) in [5.41, 5.74) is 3.83. The number of rotatable bonds is 5. The Kier molecular flexibility index (Phi) is 3.93. The molecule has 3 aromatic rings. The Balaban J connectivity index is 1.60. The Bertz CT molecular complexity index is 641. The number of aromatic nitrogens is 2. The zero-order valence-corrected chi connectivity index (χ0v) is 11.4. The third-order valence-corrected chi connectivity index (χ3v) is 3.41. The molecule has 3 rings (SSSR count). The first-order chi connectivity index (χ1) is 9.90. The lowest BCUT2D eigenvalue weighted by Crippen LogP contribution is -1.96. The summed E-state index contributed by atoms with van der Waals surface area (Å²) in [7, 11) is 0. The molecule has 0 N–H and O–H groups in total. The second-order valence-electron chi connectivity index (χ2n) is 5.01. The van der Waals surface area contributed by atoms with Gasteiger partial charge in [-0.3, -0.25) is 0 Å². The van der Waals surface area contributed by atoms with E-state index in [4.69, 9.17) is 0 Å². The van der Waals surface area contributed by atoms with Crippen LogP contribution in [0.4, 0.5) is 0 Å². The molecule has 2 heteroatoms. The summed E-state index contributed by atoms with van der Waals surface area (Å²) in [6.45, 7) is 0.888. The Labute approximate surface area is 119 Å². The molecule has 0 fully saturated rings. The van der Waals surface area contributed by atoms with Crippen molar-refractivity contribution in [3.8, 4) is 0 Å². The van der Waals surface area contributed by atoms with E-state index in [2.05, 4.69) is 70.3 Å². The third kappa shape index (κ3) is 3.35. The van der Waals surface area contributed by atoms with Crippen LogP contribution in [0.1, 0.15) is 16.8 Å². The number of imidazole rings is 1. The van der Waals surface area contributed by atoms with E-state index in [0.29, 0.717) is 0 Å². The van der Waals surface area contributed by atoms with E-state index in [9.17, 15) is 0 Å². The first-order valence-corrected chi connectivity index (χ1v) is 6.99. The normalized spacial score (nSPS) is 10.6. The molecular weight excluding hydrogens is 244 g/mol. The van der Waals surface area contributed by atoms with E-state index in [-0.39, 0.29) is 0 Å². The Morgan fingerprint density at radius 1 is 0.750 bits per heavy atom. The van der Waals surface area contributed by atoms with Crippen LogP contribution >= 0.6 is 0 Å². The van der Waals surface area contributed by atoms with Gasteiger partial charge in [0.25, 0.3) is 0 Å². The minimum Gasteiger partial charge on any atom is -0.333 e. The molecular formula is C18H18N2. The fourth-order valence-corrected chi connectivity index (χ4v) is 2.33. The van der Waals surface area contributed by atoms with Crippen molar-refractivity contribution in [1.82, 2.24) is 9.55 Å². The van der Waals surface area contributed by atoms with Crippen LogP contribution in [0.15, 0.2) is 73.2 Å². The van der Waals surface area contributed by atoms with Gasteiger partial charge in [-0.15, -0.1) is 0 Å². The molecule has 20 heavy (non-hydrogen) atoms. The molecule has 0 saturated heterocycles. The fraction of sp³-hybridized carbons (Fsp3) is 0.167. The molecule has 0 spiro atoms. The monoisotopic (exact) mass is 262 g/mol. The fourth-order valence-electron chi connectivity index (χ4n) is 2.33. The molecule has 1 aromatic heterocycles. The van der Waals surface area contributed by atoms with Crippen molar-refractivity contribution in [2.75, 3.05) is 0 Å². The minimum atomic E-state index is 0.888. The maximum atomic E-state index is 4.49. The van der Waals surface area contributed by atoms with E-state index in [1.807, 2.05) is 12.4 Å². The second kappa shape index (κ2) is 6.20. The highest BCUT2D eigenvalue weighted by atomic mass is 15.0. The highest BCUT2D eigenvalue weighted by Crippen LogP contribution is 2.07. The van der Waals surface area contributed by atoms with Crippen LogP contribution in [0, 0.1) is 0 Å². The van der Waals surface area contributed by atoms with Gasteiger partial charge >= 0.3 is 0 Å². The Hall–Kier alpha value is -2.35. The van der Waals surface area contributed by atoms with Crippen molar-refractivity contribution in [2.24, 2.45) is 0 Å². The first-order valence-electron chi connectivity index (χ1n) is 6.99. The molecule has 0 aliphatic carbocycles. The predicted molar refractivity (Wildman–Crippen MR) is 81.6 cm³/mol. The van der Waals surface area contributed by atoms with Gasteiger partial charge in [-0.05, 0) is 24.0 Å². The van der Waals surface area contributed by atoms with Crippen LogP contribution in [0.3, 0.4) is 0 Å². The van der Waals surface area contributed by atoms with Crippen LogP contribution in [0.25, 0.3) is 0 Å². The van der Waals surface area contributed by atoms with Gasteiger partial charge in [-0.2, -0.15) is 0 Å². The molecule has 100 valence electrons. The minimum absolute atomic E-state index is 0.888. The quantitative estimate of drug-likeness (QED) is 0.685. The van der Waals surface area contributed by atoms with E-state index >= 15 is 0 Å². The SMILES string of the molecule is c1ccc(CCc2cn(Cc3ccccc3)cn2)cc1. The smallest absolute Gasteiger partial charge is 0.0952 e. The van der Waals surface area contributed by atoms with Crippen LogP contribution in [0.5, 0.6) is 0 Å². The van der Waals surface area contributed by atoms with Crippen LogP contribution in [-0.4, -0.2) is 9.55 Å². The standard InChI is InChI=1S/C18H18N2/c1-3-7-16(8-4-1)11-12-18-14-20(15-19-18)13-17-9-5-2-6-10-17/h1-10,14-15H,11-13H2. The van der Waals surface area contributed by atoms with Crippen molar-refractivity contribution in [1.29, 1.82) is 0 Å². The maximum absolute atomic E-state index is 4.49. The average molecular weight is 262 g/mol. The number of benzene rings is 2. The number of hydrogen-bond donors (Lipinski definition) is 0. The van der Waals surface area contributed by atoms with Gasteiger partial charge in [-0.1, -0.05) is 60.7 Å².